The molecule has 154 valence electrons. The third-order valence-electron chi connectivity index (χ3n) is 4.69. The van der Waals surface area contributed by atoms with E-state index in [2.05, 4.69) is 10.6 Å². The predicted molar refractivity (Wildman–Crippen MR) is 109 cm³/mol. The van der Waals surface area contributed by atoms with Crippen LogP contribution >= 0.6 is 0 Å². The molecule has 0 radical (unpaired) electrons. The number of nitrogens with one attached hydrogen (secondary N) is 3. The number of amides is 2. The van der Waals surface area contributed by atoms with Gasteiger partial charge in [-0.25, -0.2) is 0 Å². The van der Waals surface area contributed by atoms with Crippen molar-refractivity contribution in [3.8, 4) is 11.5 Å². The molecular weight excluding hydrogens is 374 g/mol. The number of carbonyl (C=O) groups excluding carboxylic acids is 2. The van der Waals surface area contributed by atoms with Gasteiger partial charge < -0.3 is 29.7 Å². The fourth-order valence-corrected chi connectivity index (χ4v) is 3.09. The molecule has 8 nitrogen and oxygen atoms in total. The first kappa shape index (κ1) is 20.6. The molecule has 3 N–H and O–H groups in total. The number of hydrogen-bond donors (Lipinski definition) is 3. The summed E-state index contributed by atoms with van der Waals surface area (Å²) >= 11 is 0. The van der Waals surface area contributed by atoms with E-state index in [0.29, 0.717) is 48.2 Å². The Morgan fingerprint density at radius 2 is 1.72 bits per heavy atom. The number of carbonyl (C=O) groups is 2. The summed E-state index contributed by atoms with van der Waals surface area (Å²) < 4.78 is 15.8. The third-order valence-corrected chi connectivity index (χ3v) is 4.69. The number of morpholine rings is 1. The van der Waals surface area contributed by atoms with Crippen molar-refractivity contribution in [1.82, 2.24) is 0 Å². The zero-order valence-corrected chi connectivity index (χ0v) is 16.6. The molecule has 0 bridgehead atoms. The van der Waals surface area contributed by atoms with E-state index < -0.39 is 0 Å². The molecule has 3 rings (SSSR count). The quantitative estimate of drug-likeness (QED) is 0.640. The van der Waals surface area contributed by atoms with E-state index in [1.165, 1.54) is 12.0 Å². The van der Waals surface area contributed by atoms with E-state index in [9.17, 15) is 9.59 Å². The summed E-state index contributed by atoms with van der Waals surface area (Å²) in [5.74, 6) is 0.836. The van der Waals surface area contributed by atoms with Gasteiger partial charge in [-0.1, -0.05) is 0 Å². The molecule has 0 spiro atoms. The van der Waals surface area contributed by atoms with Crippen LogP contribution in [0, 0.1) is 0 Å². The van der Waals surface area contributed by atoms with Crippen molar-refractivity contribution in [3.05, 3.63) is 48.0 Å². The molecule has 1 aliphatic heterocycles. The minimum absolute atomic E-state index is 0.112. The standard InChI is InChI=1S/C21H25N3O5/c1-27-17-6-3-15(4-7-17)21(26)22-16-5-8-19(28-2)18(13-16)23-20(25)14-24-9-11-29-12-10-24/h3-8,13H,9-12,14H2,1-2H3,(H,22,26)(H,23,25)/p+1. The van der Waals surface area contributed by atoms with Gasteiger partial charge in [0.2, 0.25) is 0 Å². The molecule has 1 saturated heterocycles. The predicted octanol–water partition coefficient (Wildman–Crippen LogP) is 0.810. The number of anilines is 2. The monoisotopic (exact) mass is 400 g/mol. The van der Waals surface area contributed by atoms with Crippen LogP contribution in [-0.4, -0.2) is 58.9 Å². The van der Waals surface area contributed by atoms with Crippen LogP contribution in [0.5, 0.6) is 11.5 Å². The van der Waals surface area contributed by atoms with Crippen molar-refractivity contribution in [2.24, 2.45) is 0 Å². The minimum atomic E-state index is -0.257. The van der Waals surface area contributed by atoms with Crippen LogP contribution < -0.4 is 25.0 Å². The van der Waals surface area contributed by atoms with Crippen LogP contribution in [0.4, 0.5) is 11.4 Å². The number of methoxy groups -OCH3 is 2. The van der Waals surface area contributed by atoms with E-state index >= 15 is 0 Å². The largest absolute Gasteiger partial charge is 0.497 e. The fourth-order valence-electron chi connectivity index (χ4n) is 3.09. The lowest BCUT2D eigenvalue weighted by Gasteiger charge is -2.23. The number of quaternary nitrogens is 1. The molecule has 1 heterocycles. The Morgan fingerprint density at radius 1 is 1.00 bits per heavy atom. The van der Waals surface area contributed by atoms with Gasteiger partial charge in [-0.15, -0.1) is 0 Å². The smallest absolute Gasteiger partial charge is 0.279 e. The molecule has 8 heteroatoms. The normalized spacial score (nSPS) is 14.1. The summed E-state index contributed by atoms with van der Waals surface area (Å²) in [5.41, 5.74) is 1.57. The number of ether oxygens (including phenoxy) is 3. The van der Waals surface area contributed by atoms with Gasteiger partial charge in [0.15, 0.2) is 6.54 Å². The lowest BCUT2D eigenvalue weighted by Crippen LogP contribution is -3.15. The molecule has 29 heavy (non-hydrogen) atoms. The van der Waals surface area contributed by atoms with E-state index in [0.717, 1.165) is 13.1 Å². The summed E-state index contributed by atoms with van der Waals surface area (Å²) in [7, 11) is 3.11. The highest BCUT2D eigenvalue weighted by Crippen LogP contribution is 2.28. The lowest BCUT2D eigenvalue weighted by atomic mass is 10.2. The Labute approximate surface area is 169 Å². The molecule has 0 atom stereocenters. The second-order valence-electron chi connectivity index (χ2n) is 6.69. The maximum atomic E-state index is 12.5. The molecule has 1 aliphatic rings. The zero-order chi connectivity index (χ0) is 20.6. The first-order chi connectivity index (χ1) is 14.1. The Balaban J connectivity index is 1.67. The van der Waals surface area contributed by atoms with Crippen LogP contribution in [0.3, 0.4) is 0 Å². The van der Waals surface area contributed by atoms with Crippen molar-refractivity contribution in [2.75, 3.05) is 57.7 Å². The number of rotatable bonds is 7. The van der Waals surface area contributed by atoms with Gasteiger partial charge in [-0.05, 0) is 42.5 Å². The summed E-state index contributed by atoms with van der Waals surface area (Å²) in [6, 6.07) is 11.9. The van der Waals surface area contributed by atoms with Gasteiger partial charge >= 0.3 is 0 Å². The maximum absolute atomic E-state index is 12.5. The van der Waals surface area contributed by atoms with Gasteiger partial charge in [0.25, 0.3) is 11.8 Å². The SMILES string of the molecule is COc1ccc(C(=O)Nc2ccc(OC)c(NC(=O)C[NH+]3CCOCC3)c2)cc1. The van der Waals surface area contributed by atoms with Gasteiger partial charge in [-0.3, -0.25) is 9.59 Å². The molecule has 2 aromatic carbocycles. The summed E-state index contributed by atoms with van der Waals surface area (Å²) in [6.45, 7) is 3.30. The zero-order valence-electron chi connectivity index (χ0n) is 16.6. The van der Waals surface area contributed by atoms with Gasteiger partial charge in [0.05, 0.1) is 33.1 Å². The topological polar surface area (TPSA) is 90.3 Å². The van der Waals surface area contributed by atoms with Crippen molar-refractivity contribution in [2.45, 2.75) is 0 Å². The first-order valence-corrected chi connectivity index (χ1v) is 9.43. The molecule has 2 amide bonds. The Bertz CT molecular complexity index is 848. The highest BCUT2D eigenvalue weighted by Gasteiger charge is 2.19. The second-order valence-corrected chi connectivity index (χ2v) is 6.69. The first-order valence-electron chi connectivity index (χ1n) is 9.43. The summed E-state index contributed by atoms with van der Waals surface area (Å²) in [5, 5.41) is 5.72. The highest BCUT2D eigenvalue weighted by atomic mass is 16.5. The second kappa shape index (κ2) is 9.90. The fraction of sp³-hybridized carbons (Fsp3) is 0.333. The lowest BCUT2D eigenvalue weighted by molar-refractivity contribution is -0.899. The van der Waals surface area contributed by atoms with Crippen LogP contribution in [0.1, 0.15) is 10.4 Å². The maximum Gasteiger partial charge on any atom is 0.279 e. The van der Waals surface area contributed by atoms with E-state index in [-0.39, 0.29) is 11.8 Å². The molecule has 0 unspecified atom stereocenters. The van der Waals surface area contributed by atoms with Gasteiger partial charge in [0.1, 0.15) is 24.6 Å². The average Bonchev–Trinajstić information content (AvgIpc) is 2.74. The molecule has 0 aliphatic carbocycles. The molecular formula is C21H26N3O5+. The number of hydrogen-bond acceptors (Lipinski definition) is 5. The summed E-state index contributed by atoms with van der Waals surface area (Å²) in [4.78, 5) is 26.1. The van der Waals surface area contributed by atoms with Crippen LogP contribution in [0.25, 0.3) is 0 Å². The Hall–Kier alpha value is -3.10. The van der Waals surface area contributed by atoms with E-state index in [1.54, 1.807) is 49.6 Å². The minimum Gasteiger partial charge on any atom is -0.497 e. The summed E-state index contributed by atoms with van der Waals surface area (Å²) in [6.07, 6.45) is 0. The highest BCUT2D eigenvalue weighted by molar-refractivity contribution is 6.05. The van der Waals surface area contributed by atoms with Crippen molar-refractivity contribution < 1.29 is 28.7 Å². The van der Waals surface area contributed by atoms with Crippen molar-refractivity contribution >= 4 is 23.2 Å². The Kier molecular flexibility index (Phi) is 7.04. The van der Waals surface area contributed by atoms with Gasteiger partial charge in [-0.2, -0.15) is 0 Å². The van der Waals surface area contributed by atoms with Crippen molar-refractivity contribution in [3.63, 3.8) is 0 Å². The third kappa shape index (κ3) is 5.69. The van der Waals surface area contributed by atoms with Crippen molar-refractivity contribution in [1.29, 1.82) is 0 Å². The molecule has 0 aromatic heterocycles. The molecule has 1 fully saturated rings. The average molecular weight is 400 g/mol. The van der Waals surface area contributed by atoms with E-state index in [1.807, 2.05) is 0 Å². The molecule has 0 saturated carbocycles. The van der Waals surface area contributed by atoms with Crippen LogP contribution in [-0.2, 0) is 9.53 Å². The Morgan fingerprint density at radius 3 is 2.38 bits per heavy atom. The van der Waals surface area contributed by atoms with Crippen LogP contribution in [0.15, 0.2) is 42.5 Å². The number of benzene rings is 2. The van der Waals surface area contributed by atoms with Gasteiger partial charge in [0, 0.05) is 11.3 Å². The molecule has 2 aromatic rings. The van der Waals surface area contributed by atoms with Crippen LogP contribution in [0.2, 0.25) is 0 Å². The van der Waals surface area contributed by atoms with E-state index in [4.69, 9.17) is 14.2 Å².